The predicted octanol–water partition coefficient (Wildman–Crippen LogP) is 3.27. The van der Waals surface area contributed by atoms with Crippen LogP contribution in [0, 0.1) is 0 Å². The van der Waals surface area contributed by atoms with Gasteiger partial charge in [-0.05, 0) is 35.7 Å². The largest absolute Gasteiger partial charge is 0.497 e. The van der Waals surface area contributed by atoms with Crippen molar-refractivity contribution in [2.45, 2.75) is 13.0 Å². The minimum atomic E-state index is 0. The zero-order chi connectivity index (χ0) is 16.5. The molecule has 2 rings (SSSR count). The summed E-state index contributed by atoms with van der Waals surface area (Å²) in [7, 11) is 3.42. The van der Waals surface area contributed by atoms with Gasteiger partial charge in [0, 0.05) is 26.3 Å². The number of nitrogens with one attached hydrogen (secondary N) is 2. The maximum atomic E-state index is 5.77. The van der Waals surface area contributed by atoms with Crippen molar-refractivity contribution in [3.05, 3.63) is 58.9 Å². The summed E-state index contributed by atoms with van der Waals surface area (Å²) in [6.45, 7) is 1.47. The van der Waals surface area contributed by atoms with Crippen LogP contribution >= 0.6 is 35.6 Å². The molecule has 0 radical (unpaired) electrons. The molecule has 2 N–H and O–H groups in total. The van der Waals surface area contributed by atoms with E-state index in [1.807, 2.05) is 30.3 Å². The molecule has 0 saturated heterocycles. The molecule has 0 amide bonds. The van der Waals surface area contributed by atoms with E-state index in [9.17, 15) is 0 Å². The summed E-state index contributed by atoms with van der Waals surface area (Å²) in [5, 5.41) is 7.07. The Morgan fingerprint density at radius 1 is 1.12 bits per heavy atom. The Morgan fingerprint density at radius 2 is 1.83 bits per heavy atom. The molecule has 0 fully saturated rings. The first-order valence-corrected chi connectivity index (χ1v) is 7.77. The molecule has 130 valence electrons. The number of aromatic nitrogens is 1. The molecular weight excluding hydrogens is 439 g/mol. The smallest absolute Gasteiger partial charge is 0.191 e. The average molecular weight is 461 g/mol. The second-order valence-electron chi connectivity index (χ2n) is 4.94. The van der Waals surface area contributed by atoms with Crippen molar-refractivity contribution in [1.29, 1.82) is 0 Å². The lowest BCUT2D eigenvalue weighted by Crippen LogP contribution is -2.37. The van der Waals surface area contributed by atoms with Gasteiger partial charge < -0.3 is 15.4 Å². The molecule has 0 atom stereocenters. The number of nitrogens with zero attached hydrogens (tertiary/aromatic N) is 2. The lowest BCUT2D eigenvalue weighted by atomic mass is 10.2. The Bertz CT molecular complexity index is 632. The number of rotatable bonds is 6. The molecule has 0 aliphatic rings. The van der Waals surface area contributed by atoms with E-state index >= 15 is 0 Å². The number of benzene rings is 1. The third-order valence-corrected chi connectivity index (χ3v) is 3.56. The molecule has 0 spiro atoms. The highest BCUT2D eigenvalue weighted by Gasteiger charge is 2.00. The molecule has 2 aromatic rings. The van der Waals surface area contributed by atoms with Gasteiger partial charge in [0.1, 0.15) is 10.9 Å². The van der Waals surface area contributed by atoms with Gasteiger partial charge in [0.15, 0.2) is 5.96 Å². The summed E-state index contributed by atoms with van der Waals surface area (Å²) < 4.78 is 5.15. The van der Waals surface area contributed by atoms with Crippen LogP contribution in [0.5, 0.6) is 5.75 Å². The first-order valence-electron chi connectivity index (χ1n) is 7.39. The summed E-state index contributed by atoms with van der Waals surface area (Å²) in [5.41, 5.74) is 2.29. The molecule has 0 aliphatic carbocycles. The lowest BCUT2D eigenvalue weighted by molar-refractivity contribution is 0.414. The SMILES string of the molecule is CN=C(NCCc1ccc(Cl)nc1)NCc1ccc(OC)cc1.I. The Kier molecular flexibility index (Phi) is 9.48. The average Bonchev–Trinajstić information content (AvgIpc) is 2.60. The summed E-state index contributed by atoms with van der Waals surface area (Å²) in [5.74, 6) is 1.62. The van der Waals surface area contributed by atoms with E-state index < -0.39 is 0 Å². The Hall–Kier alpha value is -1.54. The molecule has 5 nitrogen and oxygen atoms in total. The van der Waals surface area contributed by atoms with E-state index in [2.05, 4.69) is 20.6 Å². The Morgan fingerprint density at radius 3 is 2.42 bits per heavy atom. The zero-order valence-corrected chi connectivity index (χ0v) is 16.8. The van der Waals surface area contributed by atoms with Gasteiger partial charge >= 0.3 is 0 Å². The first-order chi connectivity index (χ1) is 11.2. The molecule has 1 aromatic heterocycles. The topological polar surface area (TPSA) is 58.5 Å². The van der Waals surface area contributed by atoms with Gasteiger partial charge in [-0.25, -0.2) is 4.98 Å². The molecule has 1 aromatic carbocycles. The number of ether oxygens (including phenoxy) is 1. The highest BCUT2D eigenvalue weighted by molar-refractivity contribution is 14.0. The maximum Gasteiger partial charge on any atom is 0.191 e. The predicted molar refractivity (Wildman–Crippen MR) is 110 cm³/mol. The van der Waals surface area contributed by atoms with Crippen molar-refractivity contribution in [2.24, 2.45) is 4.99 Å². The number of pyridine rings is 1. The maximum absolute atomic E-state index is 5.77. The van der Waals surface area contributed by atoms with Crippen LogP contribution in [-0.2, 0) is 13.0 Å². The molecule has 0 unspecified atom stereocenters. The van der Waals surface area contributed by atoms with Crippen LogP contribution in [0.4, 0.5) is 0 Å². The third kappa shape index (κ3) is 6.92. The van der Waals surface area contributed by atoms with Crippen LogP contribution in [0.2, 0.25) is 5.15 Å². The molecule has 0 saturated carbocycles. The van der Waals surface area contributed by atoms with E-state index in [-0.39, 0.29) is 24.0 Å². The van der Waals surface area contributed by atoms with Crippen LogP contribution in [0.15, 0.2) is 47.6 Å². The van der Waals surface area contributed by atoms with Crippen LogP contribution in [0.1, 0.15) is 11.1 Å². The second kappa shape index (κ2) is 11.1. The van der Waals surface area contributed by atoms with E-state index in [1.54, 1.807) is 26.4 Å². The van der Waals surface area contributed by atoms with Crippen molar-refractivity contribution >= 4 is 41.5 Å². The number of halogens is 2. The fraction of sp³-hybridized carbons (Fsp3) is 0.294. The van der Waals surface area contributed by atoms with Gasteiger partial charge in [0.05, 0.1) is 7.11 Å². The van der Waals surface area contributed by atoms with Gasteiger partial charge in [0.2, 0.25) is 0 Å². The van der Waals surface area contributed by atoms with Crippen LogP contribution in [0.25, 0.3) is 0 Å². The van der Waals surface area contributed by atoms with Crippen LogP contribution in [-0.4, -0.2) is 31.6 Å². The van der Waals surface area contributed by atoms with E-state index in [1.165, 1.54) is 0 Å². The molecule has 1 heterocycles. The molecular formula is C17H22ClIN4O. The Balaban J connectivity index is 0.00000288. The highest BCUT2D eigenvalue weighted by Crippen LogP contribution is 2.10. The summed E-state index contributed by atoms with van der Waals surface area (Å²) in [4.78, 5) is 8.28. The first kappa shape index (κ1) is 20.5. The normalized spacial score (nSPS) is 10.7. The zero-order valence-electron chi connectivity index (χ0n) is 13.8. The fourth-order valence-corrected chi connectivity index (χ4v) is 2.14. The summed E-state index contributed by atoms with van der Waals surface area (Å²) in [6, 6.07) is 11.7. The van der Waals surface area contributed by atoms with Gasteiger partial charge in [-0.15, -0.1) is 24.0 Å². The monoisotopic (exact) mass is 460 g/mol. The molecule has 0 bridgehead atoms. The highest BCUT2D eigenvalue weighted by atomic mass is 127. The van der Waals surface area contributed by atoms with Crippen molar-refractivity contribution in [2.75, 3.05) is 20.7 Å². The lowest BCUT2D eigenvalue weighted by Gasteiger charge is -2.12. The van der Waals surface area contributed by atoms with Crippen molar-refractivity contribution < 1.29 is 4.74 Å². The standard InChI is InChI=1S/C17H21ClN4O.HI/c1-19-17(20-10-9-14-5-8-16(18)21-11-14)22-12-13-3-6-15(23-2)7-4-13;/h3-8,11H,9-10,12H2,1-2H3,(H2,19,20,22);1H. The van der Waals surface area contributed by atoms with Crippen LogP contribution < -0.4 is 15.4 Å². The quantitative estimate of drug-likeness (QED) is 0.301. The number of hydrogen-bond donors (Lipinski definition) is 2. The van der Waals surface area contributed by atoms with Gasteiger partial charge in [-0.1, -0.05) is 29.8 Å². The van der Waals surface area contributed by atoms with Crippen LogP contribution in [0.3, 0.4) is 0 Å². The van der Waals surface area contributed by atoms with E-state index in [4.69, 9.17) is 16.3 Å². The van der Waals surface area contributed by atoms with Gasteiger partial charge in [-0.3, -0.25) is 4.99 Å². The Labute approximate surface area is 164 Å². The minimum absolute atomic E-state index is 0. The number of aliphatic imine (C=N–C) groups is 1. The third-order valence-electron chi connectivity index (χ3n) is 3.34. The molecule has 0 aliphatic heterocycles. The summed E-state index contributed by atoms with van der Waals surface area (Å²) >= 11 is 5.77. The number of methoxy groups -OCH3 is 1. The summed E-state index contributed by atoms with van der Waals surface area (Å²) in [6.07, 6.45) is 2.64. The van der Waals surface area contributed by atoms with Gasteiger partial charge in [0.25, 0.3) is 0 Å². The number of hydrogen-bond acceptors (Lipinski definition) is 3. The van der Waals surface area contributed by atoms with E-state index in [0.717, 1.165) is 35.8 Å². The second-order valence-corrected chi connectivity index (χ2v) is 5.33. The van der Waals surface area contributed by atoms with Crippen molar-refractivity contribution in [3.8, 4) is 5.75 Å². The fourth-order valence-electron chi connectivity index (χ4n) is 2.03. The van der Waals surface area contributed by atoms with Crippen molar-refractivity contribution in [3.63, 3.8) is 0 Å². The van der Waals surface area contributed by atoms with Gasteiger partial charge in [-0.2, -0.15) is 0 Å². The van der Waals surface area contributed by atoms with E-state index in [0.29, 0.717) is 11.7 Å². The molecule has 24 heavy (non-hydrogen) atoms. The minimum Gasteiger partial charge on any atom is -0.497 e. The molecule has 7 heteroatoms. The van der Waals surface area contributed by atoms with Crippen molar-refractivity contribution in [1.82, 2.24) is 15.6 Å². The number of guanidine groups is 1.